The normalized spacial score (nSPS) is 24.6. The maximum Gasteiger partial charge on any atom is 0.193 e. The van der Waals surface area contributed by atoms with Crippen molar-refractivity contribution in [1.29, 1.82) is 0 Å². The minimum atomic E-state index is 0. The molecule has 0 radical (unpaired) electrons. The maximum absolute atomic E-state index is 5.91. The third-order valence-corrected chi connectivity index (χ3v) is 4.60. The first kappa shape index (κ1) is 19.2. The van der Waals surface area contributed by atoms with Crippen LogP contribution in [0.2, 0.25) is 0 Å². The van der Waals surface area contributed by atoms with Gasteiger partial charge in [-0.25, -0.2) is 0 Å². The fourth-order valence-corrected chi connectivity index (χ4v) is 3.26. The number of aryl methyl sites for hydroxylation is 1. The Balaban J connectivity index is 0.00000208. The molecule has 1 aromatic heterocycles. The van der Waals surface area contributed by atoms with Crippen molar-refractivity contribution in [3.63, 3.8) is 0 Å². The Kier molecular flexibility index (Phi) is 7.54. The molecule has 1 fully saturated rings. The van der Waals surface area contributed by atoms with Crippen molar-refractivity contribution in [2.75, 3.05) is 33.3 Å². The first-order valence-electron chi connectivity index (χ1n) is 8.47. The van der Waals surface area contributed by atoms with Gasteiger partial charge in [0.15, 0.2) is 5.96 Å². The third kappa shape index (κ3) is 4.95. The van der Waals surface area contributed by atoms with Crippen LogP contribution in [0.5, 0.6) is 0 Å². The molecule has 0 aromatic carbocycles. The topological polar surface area (TPSA) is 54.7 Å². The molecule has 1 aliphatic carbocycles. The van der Waals surface area contributed by atoms with Crippen molar-refractivity contribution in [3.8, 4) is 0 Å². The summed E-state index contributed by atoms with van der Waals surface area (Å²) >= 11 is 0. The highest BCUT2D eigenvalue weighted by molar-refractivity contribution is 14.0. The zero-order valence-electron chi connectivity index (χ0n) is 14.5. The van der Waals surface area contributed by atoms with Crippen molar-refractivity contribution in [3.05, 3.63) is 30.1 Å². The Labute approximate surface area is 161 Å². The number of nitrogens with one attached hydrogen (secondary N) is 1. The smallest absolute Gasteiger partial charge is 0.193 e. The van der Waals surface area contributed by atoms with Crippen molar-refractivity contribution < 1.29 is 4.74 Å². The monoisotopic (exact) mass is 445 g/mol. The summed E-state index contributed by atoms with van der Waals surface area (Å²) in [6, 6.07) is 0. The lowest BCUT2D eigenvalue weighted by Gasteiger charge is -2.35. The Hall–Kier alpha value is -1.09. The van der Waals surface area contributed by atoms with Gasteiger partial charge in [-0.1, -0.05) is 12.2 Å². The number of aliphatic imine (C=N–C) groups is 1. The van der Waals surface area contributed by atoms with E-state index in [-0.39, 0.29) is 30.1 Å². The van der Waals surface area contributed by atoms with Crippen LogP contribution in [-0.2, 0) is 11.8 Å². The molecule has 0 bridgehead atoms. The highest BCUT2D eigenvalue weighted by Gasteiger charge is 2.25. The molecule has 3 rings (SSSR count). The van der Waals surface area contributed by atoms with E-state index >= 15 is 0 Å². The molecule has 0 amide bonds. The third-order valence-electron chi connectivity index (χ3n) is 4.60. The van der Waals surface area contributed by atoms with Gasteiger partial charge in [-0.2, -0.15) is 5.10 Å². The van der Waals surface area contributed by atoms with Crippen LogP contribution in [0.1, 0.15) is 30.9 Å². The molecule has 1 N–H and O–H groups in total. The van der Waals surface area contributed by atoms with Gasteiger partial charge < -0.3 is 15.0 Å². The zero-order chi connectivity index (χ0) is 16.1. The van der Waals surface area contributed by atoms with E-state index in [1.807, 2.05) is 31.2 Å². The highest BCUT2D eigenvalue weighted by Crippen LogP contribution is 2.22. The predicted molar refractivity (Wildman–Crippen MR) is 107 cm³/mol. The van der Waals surface area contributed by atoms with Crippen LogP contribution in [0.4, 0.5) is 0 Å². The van der Waals surface area contributed by atoms with Crippen molar-refractivity contribution >= 4 is 29.9 Å². The van der Waals surface area contributed by atoms with Crippen molar-refractivity contribution in [2.24, 2.45) is 18.0 Å². The number of ether oxygens (including phenoxy) is 1. The van der Waals surface area contributed by atoms with Crippen LogP contribution in [-0.4, -0.2) is 53.9 Å². The summed E-state index contributed by atoms with van der Waals surface area (Å²) in [5.74, 6) is 1.70. The van der Waals surface area contributed by atoms with Gasteiger partial charge in [0.2, 0.25) is 0 Å². The molecule has 1 aromatic rings. The molecule has 6 nitrogen and oxygen atoms in total. The molecule has 2 unspecified atom stereocenters. The molecular formula is C17H28IN5O. The molecule has 7 heteroatoms. The van der Waals surface area contributed by atoms with E-state index in [1.54, 1.807) is 0 Å². The standard InChI is InChI=1S/C17H27N5O.HI/c1-18-17(19-10-14-6-4-3-5-7-14)22-8-9-23-16(13-22)15-11-20-21(2)12-15;/h3-4,11-12,14,16H,5-10,13H2,1-2H3,(H,18,19);1H. The van der Waals surface area contributed by atoms with Crippen LogP contribution in [0.3, 0.4) is 0 Å². The number of guanidine groups is 1. The van der Waals surface area contributed by atoms with Gasteiger partial charge in [0.25, 0.3) is 0 Å². The van der Waals surface area contributed by atoms with E-state index in [4.69, 9.17) is 4.74 Å². The molecule has 24 heavy (non-hydrogen) atoms. The first-order valence-corrected chi connectivity index (χ1v) is 8.47. The number of halogens is 1. The van der Waals surface area contributed by atoms with Gasteiger partial charge in [-0.05, 0) is 25.2 Å². The molecule has 134 valence electrons. The molecule has 0 saturated carbocycles. The lowest BCUT2D eigenvalue weighted by Crippen LogP contribution is -2.49. The fourth-order valence-electron chi connectivity index (χ4n) is 3.26. The fraction of sp³-hybridized carbons (Fsp3) is 0.647. The van der Waals surface area contributed by atoms with Crippen molar-refractivity contribution in [2.45, 2.75) is 25.4 Å². The van der Waals surface area contributed by atoms with Gasteiger partial charge in [0.05, 0.1) is 19.3 Å². The second-order valence-electron chi connectivity index (χ2n) is 6.33. The van der Waals surface area contributed by atoms with E-state index in [0.717, 1.165) is 31.2 Å². The van der Waals surface area contributed by atoms with Gasteiger partial charge in [-0.15, -0.1) is 24.0 Å². The molecule has 1 saturated heterocycles. The van der Waals surface area contributed by atoms with Crippen LogP contribution >= 0.6 is 24.0 Å². The van der Waals surface area contributed by atoms with E-state index < -0.39 is 0 Å². The Morgan fingerprint density at radius 3 is 3.00 bits per heavy atom. The van der Waals surface area contributed by atoms with Gasteiger partial charge in [0, 0.05) is 38.9 Å². The minimum absolute atomic E-state index is 0. The summed E-state index contributed by atoms with van der Waals surface area (Å²) in [6.45, 7) is 3.40. The van der Waals surface area contributed by atoms with Crippen LogP contribution in [0, 0.1) is 5.92 Å². The van der Waals surface area contributed by atoms with E-state index in [1.165, 1.54) is 19.3 Å². The van der Waals surface area contributed by atoms with Crippen LogP contribution in [0.15, 0.2) is 29.5 Å². The Morgan fingerprint density at radius 2 is 2.33 bits per heavy atom. The highest BCUT2D eigenvalue weighted by atomic mass is 127. The minimum Gasteiger partial charge on any atom is -0.370 e. The van der Waals surface area contributed by atoms with Gasteiger partial charge in [0.1, 0.15) is 6.10 Å². The predicted octanol–water partition coefficient (Wildman–Crippen LogP) is 2.34. The Morgan fingerprint density at radius 1 is 1.46 bits per heavy atom. The van der Waals surface area contributed by atoms with Gasteiger partial charge >= 0.3 is 0 Å². The second-order valence-corrected chi connectivity index (χ2v) is 6.33. The lowest BCUT2D eigenvalue weighted by molar-refractivity contribution is -0.00808. The summed E-state index contributed by atoms with van der Waals surface area (Å²) in [4.78, 5) is 6.76. The summed E-state index contributed by atoms with van der Waals surface area (Å²) in [5, 5.41) is 7.80. The summed E-state index contributed by atoms with van der Waals surface area (Å²) in [6.07, 6.45) is 12.2. The Bertz CT molecular complexity index is 571. The van der Waals surface area contributed by atoms with Crippen LogP contribution in [0.25, 0.3) is 0 Å². The van der Waals surface area contributed by atoms with E-state index in [9.17, 15) is 0 Å². The first-order chi connectivity index (χ1) is 11.3. The average molecular weight is 445 g/mol. The van der Waals surface area contributed by atoms with E-state index in [2.05, 4.69) is 32.5 Å². The number of hydrogen-bond donors (Lipinski definition) is 1. The summed E-state index contributed by atoms with van der Waals surface area (Å²) < 4.78 is 7.73. The van der Waals surface area contributed by atoms with Crippen LogP contribution < -0.4 is 5.32 Å². The zero-order valence-corrected chi connectivity index (χ0v) is 16.8. The second kappa shape index (κ2) is 9.41. The van der Waals surface area contributed by atoms with Crippen molar-refractivity contribution in [1.82, 2.24) is 20.0 Å². The SMILES string of the molecule is CN=C(NCC1CC=CCC1)N1CCOC(c2cnn(C)c2)C1.I. The lowest BCUT2D eigenvalue weighted by atomic mass is 9.94. The molecular weight excluding hydrogens is 417 g/mol. The number of allylic oxidation sites excluding steroid dienone is 2. The number of rotatable bonds is 3. The molecule has 0 spiro atoms. The molecule has 2 atom stereocenters. The van der Waals surface area contributed by atoms with Gasteiger partial charge in [-0.3, -0.25) is 9.67 Å². The summed E-state index contributed by atoms with van der Waals surface area (Å²) in [7, 11) is 3.79. The average Bonchev–Trinajstić information content (AvgIpc) is 3.03. The summed E-state index contributed by atoms with van der Waals surface area (Å²) in [5.41, 5.74) is 1.13. The largest absolute Gasteiger partial charge is 0.370 e. The number of hydrogen-bond acceptors (Lipinski definition) is 3. The number of morpholine rings is 1. The molecule has 2 aliphatic rings. The maximum atomic E-state index is 5.91. The quantitative estimate of drug-likeness (QED) is 0.336. The molecule has 1 aliphatic heterocycles. The number of aromatic nitrogens is 2. The molecule has 2 heterocycles. The van der Waals surface area contributed by atoms with E-state index in [0.29, 0.717) is 12.5 Å². The number of nitrogens with zero attached hydrogens (tertiary/aromatic N) is 4.